The fraction of sp³-hybridized carbons (Fsp3) is 0.381. The molecule has 3 rings (SSSR count). The first-order chi connectivity index (χ1) is 13.3. The van der Waals surface area contributed by atoms with Crippen LogP contribution >= 0.6 is 0 Å². The van der Waals surface area contributed by atoms with Crippen molar-refractivity contribution in [3.63, 3.8) is 0 Å². The van der Waals surface area contributed by atoms with Crippen LogP contribution < -0.4 is 4.74 Å². The molecule has 0 amide bonds. The molecule has 0 spiro atoms. The number of likely N-dealkylation sites (tertiary alicyclic amines) is 1. The minimum Gasteiger partial charge on any atom is -0.497 e. The average Bonchev–Trinajstić information content (AvgIpc) is 2.69. The number of methoxy groups -OCH3 is 1. The normalized spacial score (nSPS) is 20.6. The molecule has 0 radical (unpaired) electrons. The molecule has 150 valence electrons. The van der Waals surface area contributed by atoms with Crippen LogP contribution in [0.15, 0.2) is 53.4 Å². The van der Waals surface area contributed by atoms with Crippen LogP contribution in [-0.4, -0.2) is 43.4 Å². The number of aryl methyl sites for hydroxylation is 1. The Morgan fingerprint density at radius 3 is 2.36 bits per heavy atom. The second-order valence-electron chi connectivity index (χ2n) is 7.19. The van der Waals surface area contributed by atoms with Gasteiger partial charge >= 0.3 is 5.97 Å². The van der Waals surface area contributed by atoms with Gasteiger partial charge in [0.1, 0.15) is 11.1 Å². The highest BCUT2D eigenvalue weighted by molar-refractivity contribution is 7.92. The Bertz CT molecular complexity index is 922. The Balaban J connectivity index is 1.91. The Kier molecular flexibility index (Phi) is 6.05. The highest BCUT2D eigenvalue weighted by atomic mass is 32.2. The number of carboxylic acids is 1. The number of rotatable bonds is 6. The van der Waals surface area contributed by atoms with E-state index in [9.17, 15) is 18.3 Å². The summed E-state index contributed by atoms with van der Waals surface area (Å²) in [6, 6.07) is 14.2. The number of carboxylic acid groups (broad SMARTS) is 1. The quantitative estimate of drug-likeness (QED) is 0.798. The Hall–Kier alpha value is -2.38. The summed E-state index contributed by atoms with van der Waals surface area (Å²) in [4.78, 5) is 13.6. The van der Waals surface area contributed by atoms with E-state index in [-0.39, 0.29) is 11.3 Å². The zero-order valence-corrected chi connectivity index (χ0v) is 16.9. The monoisotopic (exact) mass is 403 g/mol. The minimum atomic E-state index is -3.72. The number of piperidine rings is 1. The molecule has 1 saturated heterocycles. The van der Waals surface area contributed by atoms with Crippen LogP contribution in [0.3, 0.4) is 0 Å². The lowest BCUT2D eigenvalue weighted by molar-refractivity contribution is -0.143. The fourth-order valence-electron chi connectivity index (χ4n) is 3.55. The van der Waals surface area contributed by atoms with Gasteiger partial charge in [-0.2, -0.15) is 0 Å². The van der Waals surface area contributed by atoms with Crippen molar-refractivity contribution in [1.82, 2.24) is 4.90 Å². The first-order valence-corrected chi connectivity index (χ1v) is 10.8. The van der Waals surface area contributed by atoms with Gasteiger partial charge in [0.25, 0.3) is 0 Å². The van der Waals surface area contributed by atoms with Crippen molar-refractivity contribution in [2.75, 3.05) is 13.7 Å². The van der Waals surface area contributed by atoms with E-state index in [4.69, 9.17) is 4.74 Å². The summed E-state index contributed by atoms with van der Waals surface area (Å²) in [6.07, 6.45) is 0.519. The molecule has 28 heavy (non-hydrogen) atoms. The number of carbonyl (C=O) groups is 1. The van der Waals surface area contributed by atoms with Crippen molar-refractivity contribution in [3.8, 4) is 5.75 Å². The molecule has 1 N–H and O–H groups in total. The standard InChI is InChI=1S/C21H25NO5S/c1-15-3-5-16(6-4-15)14-22-12-11-17(21(23)24)13-20(22)28(25,26)19-9-7-18(27-2)8-10-19/h3-10,17,20H,11-14H2,1-2H3,(H,23,24). The predicted molar refractivity (Wildman–Crippen MR) is 106 cm³/mol. The predicted octanol–water partition coefficient (Wildman–Crippen LogP) is 3.10. The number of hydrogen-bond acceptors (Lipinski definition) is 5. The van der Waals surface area contributed by atoms with Crippen LogP contribution in [0.2, 0.25) is 0 Å². The molecule has 0 saturated carbocycles. The average molecular weight is 404 g/mol. The lowest BCUT2D eigenvalue weighted by Crippen LogP contribution is -2.47. The van der Waals surface area contributed by atoms with Crippen LogP contribution in [0, 0.1) is 12.8 Å². The number of sulfone groups is 1. The third kappa shape index (κ3) is 4.36. The highest BCUT2D eigenvalue weighted by Crippen LogP contribution is 2.32. The molecule has 1 aliphatic heterocycles. The summed E-state index contributed by atoms with van der Waals surface area (Å²) in [5.41, 5.74) is 2.14. The fourth-order valence-corrected chi connectivity index (χ4v) is 5.44. The van der Waals surface area contributed by atoms with Crippen LogP contribution in [0.1, 0.15) is 24.0 Å². The molecule has 0 bridgehead atoms. The van der Waals surface area contributed by atoms with Gasteiger partial charge in [0.15, 0.2) is 9.84 Å². The molecule has 2 unspecified atom stereocenters. The van der Waals surface area contributed by atoms with E-state index in [1.54, 1.807) is 12.1 Å². The molecule has 7 heteroatoms. The highest BCUT2D eigenvalue weighted by Gasteiger charge is 2.40. The molecule has 1 fully saturated rings. The summed E-state index contributed by atoms with van der Waals surface area (Å²) in [5.74, 6) is -1.03. The summed E-state index contributed by atoms with van der Waals surface area (Å²) >= 11 is 0. The zero-order chi connectivity index (χ0) is 20.3. The number of nitrogens with zero attached hydrogens (tertiary/aromatic N) is 1. The summed E-state index contributed by atoms with van der Waals surface area (Å²) < 4.78 is 31.8. The number of aliphatic carboxylic acids is 1. The van der Waals surface area contributed by atoms with E-state index >= 15 is 0 Å². The first kappa shape index (κ1) is 20.4. The third-order valence-electron chi connectivity index (χ3n) is 5.26. The van der Waals surface area contributed by atoms with Crippen LogP contribution in [0.25, 0.3) is 0 Å². The summed E-state index contributed by atoms with van der Waals surface area (Å²) in [7, 11) is -2.20. The maximum atomic E-state index is 13.3. The zero-order valence-electron chi connectivity index (χ0n) is 16.0. The van der Waals surface area contributed by atoms with Gasteiger partial charge in [-0.1, -0.05) is 29.8 Å². The molecular formula is C21H25NO5S. The molecule has 2 aromatic rings. The van der Waals surface area contributed by atoms with Gasteiger partial charge in [0.05, 0.1) is 17.9 Å². The van der Waals surface area contributed by atoms with Gasteiger partial charge in [0.2, 0.25) is 0 Å². The van der Waals surface area contributed by atoms with E-state index in [0.717, 1.165) is 11.1 Å². The van der Waals surface area contributed by atoms with Gasteiger partial charge < -0.3 is 9.84 Å². The second-order valence-corrected chi connectivity index (χ2v) is 9.30. The van der Waals surface area contributed by atoms with E-state index < -0.39 is 27.1 Å². The second kappa shape index (κ2) is 8.32. The molecule has 2 aromatic carbocycles. The smallest absolute Gasteiger partial charge is 0.306 e. The molecular weight excluding hydrogens is 378 g/mol. The van der Waals surface area contributed by atoms with Crippen molar-refractivity contribution >= 4 is 15.8 Å². The minimum absolute atomic E-state index is 0.0789. The van der Waals surface area contributed by atoms with E-state index in [1.165, 1.54) is 19.2 Å². The Morgan fingerprint density at radius 2 is 1.79 bits per heavy atom. The lowest BCUT2D eigenvalue weighted by Gasteiger charge is -2.37. The number of benzene rings is 2. The SMILES string of the molecule is COc1ccc(S(=O)(=O)C2CC(C(=O)O)CCN2Cc2ccc(C)cc2)cc1. The molecule has 1 aliphatic rings. The van der Waals surface area contributed by atoms with Crippen molar-refractivity contribution in [1.29, 1.82) is 0 Å². The largest absolute Gasteiger partial charge is 0.497 e. The molecule has 1 heterocycles. The van der Waals surface area contributed by atoms with Crippen molar-refractivity contribution in [3.05, 3.63) is 59.7 Å². The molecule has 2 atom stereocenters. The topological polar surface area (TPSA) is 83.9 Å². The number of hydrogen-bond donors (Lipinski definition) is 1. The van der Waals surface area contributed by atoms with E-state index in [1.807, 2.05) is 36.1 Å². The Morgan fingerprint density at radius 1 is 1.14 bits per heavy atom. The maximum absolute atomic E-state index is 13.3. The third-order valence-corrected chi connectivity index (χ3v) is 7.40. The van der Waals surface area contributed by atoms with Crippen LogP contribution in [0.4, 0.5) is 0 Å². The van der Waals surface area contributed by atoms with Gasteiger partial charge in [-0.05, 0) is 49.6 Å². The van der Waals surface area contributed by atoms with Crippen molar-refractivity contribution < 1.29 is 23.1 Å². The van der Waals surface area contributed by atoms with Gasteiger partial charge in [0, 0.05) is 13.1 Å². The maximum Gasteiger partial charge on any atom is 0.306 e. The first-order valence-electron chi connectivity index (χ1n) is 9.21. The lowest BCUT2D eigenvalue weighted by atomic mass is 9.96. The van der Waals surface area contributed by atoms with Gasteiger partial charge in [-0.15, -0.1) is 0 Å². The molecule has 6 nitrogen and oxygen atoms in total. The van der Waals surface area contributed by atoms with Gasteiger partial charge in [-0.3, -0.25) is 9.69 Å². The molecule has 0 aliphatic carbocycles. The van der Waals surface area contributed by atoms with Crippen molar-refractivity contribution in [2.24, 2.45) is 5.92 Å². The summed E-state index contributed by atoms with van der Waals surface area (Å²) in [6.45, 7) is 2.89. The van der Waals surface area contributed by atoms with E-state index in [0.29, 0.717) is 25.3 Å². The molecule has 0 aromatic heterocycles. The van der Waals surface area contributed by atoms with Crippen molar-refractivity contribution in [2.45, 2.75) is 36.6 Å². The van der Waals surface area contributed by atoms with Gasteiger partial charge in [-0.25, -0.2) is 8.42 Å². The van der Waals surface area contributed by atoms with E-state index in [2.05, 4.69) is 0 Å². The Labute approximate surface area is 165 Å². The summed E-state index contributed by atoms with van der Waals surface area (Å²) in [5, 5.41) is 8.56. The van der Waals surface area contributed by atoms with Crippen LogP contribution in [0.5, 0.6) is 5.75 Å². The number of ether oxygens (including phenoxy) is 1. The van der Waals surface area contributed by atoms with Crippen LogP contribution in [-0.2, 0) is 21.2 Å².